The monoisotopic (exact) mass is 424 g/mol. The zero-order chi connectivity index (χ0) is 20.8. The highest BCUT2D eigenvalue weighted by Gasteiger charge is 2.27. The lowest BCUT2D eigenvalue weighted by atomic mass is 9.96. The average molecular weight is 424 g/mol. The zero-order valence-corrected chi connectivity index (χ0v) is 16.9. The summed E-state index contributed by atoms with van der Waals surface area (Å²) in [7, 11) is 1.28. The SMILES string of the molecule is COc1c(C(=O)N2CCC(Cn3cc(CSCCO)nn3)CC2)[nH]c(=O)[nH]c1=O. The summed E-state index contributed by atoms with van der Waals surface area (Å²) in [5, 5.41) is 17.1. The molecule has 1 aliphatic rings. The number of hydrogen-bond donors (Lipinski definition) is 3. The smallest absolute Gasteiger partial charge is 0.326 e. The van der Waals surface area contributed by atoms with Crippen molar-refractivity contribution in [2.45, 2.75) is 25.1 Å². The topological polar surface area (TPSA) is 146 Å². The Bertz CT molecular complexity index is 946. The average Bonchev–Trinajstić information content (AvgIpc) is 3.15. The number of hydrogen-bond acceptors (Lipinski definition) is 8. The van der Waals surface area contributed by atoms with Crippen LogP contribution in [-0.2, 0) is 12.3 Å². The van der Waals surface area contributed by atoms with E-state index < -0.39 is 17.2 Å². The van der Waals surface area contributed by atoms with E-state index in [4.69, 9.17) is 9.84 Å². The molecule has 1 aliphatic heterocycles. The molecule has 2 aromatic heterocycles. The number of likely N-dealkylation sites (tertiary alicyclic amines) is 1. The molecule has 0 aliphatic carbocycles. The second kappa shape index (κ2) is 9.74. The molecule has 1 amide bonds. The highest BCUT2D eigenvalue weighted by molar-refractivity contribution is 7.98. The number of aromatic nitrogens is 5. The van der Waals surface area contributed by atoms with E-state index in [1.54, 1.807) is 16.7 Å². The second-order valence-corrected chi connectivity index (χ2v) is 7.87. The zero-order valence-electron chi connectivity index (χ0n) is 16.1. The van der Waals surface area contributed by atoms with Crippen LogP contribution >= 0.6 is 11.8 Å². The van der Waals surface area contributed by atoms with Crippen molar-refractivity contribution in [2.24, 2.45) is 5.92 Å². The summed E-state index contributed by atoms with van der Waals surface area (Å²) in [6.07, 6.45) is 3.46. The maximum absolute atomic E-state index is 12.8. The van der Waals surface area contributed by atoms with Crippen LogP contribution in [-0.4, -0.2) is 73.4 Å². The van der Waals surface area contributed by atoms with E-state index in [-0.39, 0.29) is 18.1 Å². The van der Waals surface area contributed by atoms with Gasteiger partial charge in [0.2, 0.25) is 5.75 Å². The van der Waals surface area contributed by atoms with Crippen molar-refractivity contribution in [3.8, 4) is 5.75 Å². The second-order valence-electron chi connectivity index (χ2n) is 6.76. The lowest BCUT2D eigenvalue weighted by Crippen LogP contribution is -2.41. The van der Waals surface area contributed by atoms with E-state index >= 15 is 0 Å². The number of aliphatic hydroxyl groups is 1. The molecule has 12 heteroatoms. The van der Waals surface area contributed by atoms with Crippen molar-refractivity contribution >= 4 is 17.7 Å². The minimum absolute atomic E-state index is 0.124. The highest BCUT2D eigenvalue weighted by Crippen LogP contribution is 2.21. The first kappa shape index (κ1) is 21.1. The number of methoxy groups -OCH3 is 1. The first-order valence-corrected chi connectivity index (χ1v) is 10.4. The van der Waals surface area contributed by atoms with Crippen molar-refractivity contribution in [2.75, 3.05) is 32.6 Å². The van der Waals surface area contributed by atoms with Gasteiger partial charge in [-0.1, -0.05) is 5.21 Å². The third kappa shape index (κ3) is 5.26. The molecule has 1 saturated heterocycles. The Morgan fingerprint density at radius 3 is 2.79 bits per heavy atom. The molecular weight excluding hydrogens is 400 g/mol. The van der Waals surface area contributed by atoms with Gasteiger partial charge in [-0.05, 0) is 18.8 Å². The van der Waals surface area contributed by atoms with Crippen LogP contribution in [0.15, 0.2) is 15.8 Å². The Morgan fingerprint density at radius 2 is 2.10 bits per heavy atom. The molecular formula is C17H24N6O5S. The first-order valence-electron chi connectivity index (χ1n) is 9.29. The number of piperidine rings is 1. The molecule has 3 heterocycles. The van der Waals surface area contributed by atoms with E-state index in [1.807, 2.05) is 15.9 Å². The summed E-state index contributed by atoms with van der Waals surface area (Å²) in [6.45, 7) is 1.88. The van der Waals surface area contributed by atoms with Gasteiger partial charge in [-0.25, -0.2) is 4.79 Å². The number of carbonyl (C=O) groups is 1. The fourth-order valence-corrected chi connectivity index (χ4v) is 3.91. The van der Waals surface area contributed by atoms with Gasteiger partial charge in [-0.2, -0.15) is 11.8 Å². The van der Waals surface area contributed by atoms with Gasteiger partial charge < -0.3 is 14.7 Å². The number of thioether (sulfide) groups is 1. The summed E-state index contributed by atoms with van der Waals surface area (Å²) < 4.78 is 6.80. The lowest BCUT2D eigenvalue weighted by Gasteiger charge is -2.31. The summed E-state index contributed by atoms with van der Waals surface area (Å²) in [5.41, 5.74) is -0.718. The van der Waals surface area contributed by atoms with E-state index in [0.29, 0.717) is 37.1 Å². The Labute approximate surface area is 170 Å². The molecule has 158 valence electrons. The molecule has 0 radical (unpaired) electrons. The number of amides is 1. The number of rotatable bonds is 8. The van der Waals surface area contributed by atoms with Crippen LogP contribution in [0.4, 0.5) is 0 Å². The van der Waals surface area contributed by atoms with Crippen LogP contribution in [0.25, 0.3) is 0 Å². The summed E-state index contributed by atoms with van der Waals surface area (Å²) >= 11 is 1.60. The fourth-order valence-electron chi connectivity index (χ4n) is 3.30. The van der Waals surface area contributed by atoms with Gasteiger partial charge >= 0.3 is 5.69 Å². The molecule has 3 rings (SSSR count). The van der Waals surface area contributed by atoms with Crippen LogP contribution in [0.3, 0.4) is 0 Å². The van der Waals surface area contributed by atoms with Gasteiger partial charge in [0.15, 0.2) is 5.69 Å². The predicted molar refractivity (Wildman–Crippen MR) is 106 cm³/mol. The molecule has 3 N–H and O–H groups in total. The van der Waals surface area contributed by atoms with Gasteiger partial charge in [-0.3, -0.25) is 24.2 Å². The summed E-state index contributed by atoms with van der Waals surface area (Å²) in [5.74, 6) is 1.11. The Balaban J connectivity index is 1.56. The van der Waals surface area contributed by atoms with Crippen LogP contribution in [0, 0.1) is 5.92 Å². The normalized spacial score (nSPS) is 14.9. The number of H-pyrrole nitrogens is 2. The van der Waals surface area contributed by atoms with Crippen LogP contribution < -0.4 is 16.0 Å². The number of nitrogens with one attached hydrogen (secondary N) is 2. The molecule has 2 aromatic rings. The maximum atomic E-state index is 12.8. The summed E-state index contributed by atoms with van der Waals surface area (Å²) in [4.78, 5) is 42.1. The lowest BCUT2D eigenvalue weighted by molar-refractivity contribution is 0.0670. The Morgan fingerprint density at radius 1 is 1.34 bits per heavy atom. The molecule has 29 heavy (non-hydrogen) atoms. The molecule has 0 bridgehead atoms. The molecule has 11 nitrogen and oxygen atoms in total. The van der Waals surface area contributed by atoms with Gasteiger partial charge in [0.25, 0.3) is 11.5 Å². The summed E-state index contributed by atoms with van der Waals surface area (Å²) in [6, 6.07) is 0. The van der Waals surface area contributed by atoms with E-state index in [0.717, 1.165) is 18.5 Å². The van der Waals surface area contributed by atoms with Gasteiger partial charge in [0, 0.05) is 37.3 Å². The Hall–Kier alpha value is -2.60. The predicted octanol–water partition coefficient (Wildman–Crippen LogP) is -0.559. The van der Waals surface area contributed by atoms with Crippen molar-refractivity contribution in [1.29, 1.82) is 0 Å². The number of ether oxygens (including phenoxy) is 1. The van der Waals surface area contributed by atoms with Crippen LogP contribution in [0.1, 0.15) is 29.0 Å². The first-order chi connectivity index (χ1) is 14.0. The fraction of sp³-hybridized carbons (Fsp3) is 0.588. The van der Waals surface area contributed by atoms with Crippen molar-refractivity contribution in [1.82, 2.24) is 29.9 Å². The minimum atomic E-state index is -0.742. The third-order valence-electron chi connectivity index (χ3n) is 4.74. The molecule has 0 spiro atoms. The molecule has 0 unspecified atom stereocenters. The largest absolute Gasteiger partial charge is 0.489 e. The minimum Gasteiger partial charge on any atom is -0.489 e. The highest BCUT2D eigenvalue weighted by atomic mass is 32.2. The van der Waals surface area contributed by atoms with E-state index in [1.165, 1.54) is 7.11 Å². The molecule has 0 atom stereocenters. The molecule has 1 fully saturated rings. The van der Waals surface area contributed by atoms with Gasteiger partial charge in [-0.15, -0.1) is 5.10 Å². The van der Waals surface area contributed by atoms with E-state index in [9.17, 15) is 14.4 Å². The van der Waals surface area contributed by atoms with Crippen LogP contribution in [0.5, 0.6) is 5.75 Å². The van der Waals surface area contributed by atoms with Crippen LogP contribution in [0.2, 0.25) is 0 Å². The number of aliphatic hydroxyl groups excluding tert-OH is 1. The molecule has 0 saturated carbocycles. The third-order valence-corrected chi connectivity index (χ3v) is 5.71. The van der Waals surface area contributed by atoms with Crippen molar-refractivity contribution in [3.05, 3.63) is 38.4 Å². The molecule has 0 aromatic carbocycles. The number of carbonyl (C=O) groups excluding carboxylic acids is 1. The van der Waals surface area contributed by atoms with Crippen molar-refractivity contribution in [3.63, 3.8) is 0 Å². The van der Waals surface area contributed by atoms with E-state index in [2.05, 4.69) is 15.3 Å². The number of aromatic amines is 2. The van der Waals surface area contributed by atoms with Crippen molar-refractivity contribution < 1.29 is 14.6 Å². The standard InChI is InChI=1S/C17H24N6O5S/c1-28-14-13(18-17(27)19-15(14)25)16(26)22-4-2-11(3-5-22)8-23-9-12(20-21-23)10-29-7-6-24/h9,11,24H,2-8,10H2,1H3,(H2,18,19,25,27). The van der Waals surface area contributed by atoms with Gasteiger partial charge in [0.05, 0.1) is 19.4 Å². The maximum Gasteiger partial charge on any atom is 0.326 e. The quantitative estimate of drug-likeness (QED) is 0.478. The Kier molecular flexibility index (Phi) is 7.09. The van der Waals surface area contributed by atoms with Gasteiger partial charge in [0.1, 0.15) is 0 Å². The number of nitrogens with zero attached hydrogens (tertiary/aromatic N) is 4.